The van der Waals surface area contributed by atoms with Crippen LogP contribution in [-0.4, -0.2) is 48.5 Å². The molecule has 9 nitrogen and oxygen atoms in total. The summed E-state index contributed by atoms with van der Waals surface area (Å²) in [5.74, 6) is 0.376. The molecule has 2 aromatic heterocycles. The van der Waals surface area contributed by atoms with Crippen LogP contribution in [0.1, 0.15) is 10.4 Å². The summed E-state index contributed by atoms with van der Waals surface area (Å²) >= 11 is 12.9. The zero-order valence-electron chi connectivity index (χ0n) is 18.4. The van der Waals surface area contributed by atoms with E-state index in [4.69, 9.17) is 27.9 Å². The predicted molar refractivity (Wildman–Crippen MR) is 135 cm³/mol. The van der Waals surface area contributed by atoms with Gasteiger partial charge in [0.1, 0.15) is 18.5 Å². The van der Waals surface area contributed by atoms with Gasteiger partial charge in [0, 0.05) is 22.7 Å². The Kier molecular flexibility index (Phi) is 7.66. The summed E-state index contributed by atoms with van der Waals surface area (Å²) in [6.45, 7) is -0.123. The van der Waals surface area contributed by atoms with Gasteiger partial charge in [-0.25, -0.2) is 9.78 Å². The van der Waals surface area contributed by atoms with Crippen LogP contribution < -0.4 is 16.0 Å². The maximum atomic E-state index is 12.6. The lowest BCUT2D eigenvalue weighted by atomic mass is 10.1. The first-order valence-corrected chi connectivity index (χ1v) is 12.1. The Morgan fingerprint density at radius 3 is 2.40 bits per heavy atom. The van der Waals surface area contributed by atoms with E-state index in [1.807, 2.05) is 0 Å². The second-order valence-corrected chi connectivity index (χ2v) is 9.45. The minimum atomic E-state index is -1.02. The number of aliphatic hydroxyl groups excluding tert-OH is 1. The number of fused-ring (bicyclic) bond motifs is 1. The van der Waals surface area contributed by atoms with Gasteiger partial charge >= 0.3 is 5.69 Å². The van der Waals surface area contributed by atoms with E-state index < -0.39 is 17.4 Å². The Hall–Kier alpha value is -3.05. The number of rotatable bonds is 9. The molecular weight excluding hydrogens is 515 g/mol. The molecule has 0 aliphatic carbocycles. The lowest BCUT2D eigenvalue weighted by molar-refractivity contribution is 0.0914. The molecule has 2 N–H and O–H groups in total. The topological polar surface area (TPSA) is 119 Å². The highest BCUT2D eigenvalue weighted by molar-refractivity contribution is 7.99. The Bertz CT molecular complexity index is 1480. The number of hydrogen-bond donors (Lipinski definition) is 2. The predicted octanol–water partition coefficient (Wildman–Crippen LogP) is 3.15. The van der Waals surface area contributed by atoms with Crippen molar-refractivity contribution in [2.45, 2.75) is 17.8 Å². The van der Waals surface area contributed by atoms with Crippen molar-refractivity contribution in [2.24, 2.45) is 7.05 Å². The number of ketones is 1. The van der Waals surface area contributed by atoms with E-state index in [9.17, 15) is 19.5 Å². The van der Waals surface area contributed by atoms with E-state index in [2.05, 4.69) is 9.97 Å². The summed E-state index contributed by atoms with van der Waals surface area (Å²) in [7, 11) is 1.48. The third-order valence-corrected chi connectivity index (χ3v) is 6.60. The number of H-pyrrole nitrogens is 1. The third kappa shape index (κ3) is 5.79. The van der Waals surface area contributed by atoms with Crippen LogP contribution in [0, 0.1) is 0 Å². The zero-order chi connectivity index (χ0) is 25.1. The van der Waals surface area contributed by atoms with Gasteiger partial charge < -0.3 is 14.4 Å². The lowest BCUT2D eigenvalue weighted by Crippen LogP contribution is -2.30. The smallest absolute Gasteiger partial charge is 0.329 e. The number of aromatic nitrogens is 4. The van der Waals surface area contributed by atoms with Crippen LogP contribution >= 0.6 is 35.0 Å². The maximum Gasteiger partial charge on any atom is 0.329 e. The molecule has 2 heterocycles. The number of thioether (sulfide) groups is 1. The van der Waals surface area contributed by atoms with E-state index in [-0.39, 0.29) is 35.9 Å². The largest absolute Gasteiger partial charge is 0.491 e. The SMILES string of the molecule is Cn1c(=O)[nH]c(=O)c2c1nc(SCC(=O)c1ccc(Cl)cc1)n2C[C@@H](O)COc1ccc(Cl)cc1. The first-order valence-electron chi connectivity index (χ1n) is 10.4. The highest BCUT2D eigenvalue weighted by Gasteiger charge is 2.21. The van der Waals surface area contributed by atoms with Gasteiger partial charge in [-0.2, -0.15) is 0 Å². The first-order chi connectivity index (χ1) is 16.7. The van der Waals surface area contributed by atoms with Crippen LogP contribution in [0.4, 0.5) is 0 Å². The molecule has 0 aliphatic heterocycles. The summed E-state index contributed by atoms with van der Waals surface area (Å²) in [6.07, 6.45) is -1.02. The molecule has 4 rings (SSSR count). The first kappa shape index (κ1) is 25.1. The molecule has 2 aromatic carbocycles. The van der Waals surface area contributed by atoms with Crippen LogP contribution in [0.3, 0.4) is 0 Å². The second kappa shape index (κ2) is 10.7. The number of hydrogen-bond acceptors (Lipinski definition) is 7. The lowest BCUT2D eigenvalue weighted by Gasteiger charge is -2.15. The highest BCUT2D eigenvalue weighted by Crippen LogP contribution is 2.24. The molecule has 1 atom stereocenters. The Labute approximate surface area is 213 Å². The van der Waals surface area contributed by atoms with E-state index in [1.165, 1.54) is 16.2 Å². The van der Waals surface area contributed by atoms with Crippen molar-refractivity contribution >= 4 is 51.9 Å². The van der Waals surface area contributed by atoms with E-state index >= 15 is 0 Å². The van der Waals surface area contributed by atoms with Crippen LogP contribution in [0.5, 0.6) is 5.75 Å². The summed E-state index contributed by atoms with van der Waals surface area (Å²) in [5, 5.41) is 12.0. The van der Waals surface area contributed by atoms with Crippen molar-refractivity contribution in [3.63, 3.8) is 0 Å². The number of aliphatic hydroxyl groups is 1. The Balaban J connectivity index is 1.59. The molecule has 0 saturated heterocycles. The fourth-order valence-electron chi connectivity index (χ4n) is 3.33. The van der Waals surface area contributed by atoms with Gasteiger partial charge in [0.05, 0.1) is 12.3 Å². The fourth-order valence-corrected chi connectivity index (χ4v) is 4.48. The van der Waals surface area contributed by atoms with E-state index in [0.717, 1.165) is 11.8 Å². The molecule has 0 spiro atoms. The highest BCUT2D eigenvalue weighted by atomic mass is 35.5. The average Bonchev–Trinajstić information content (AvgIpc) is 3.20. The molecular formula is C23H20Cl2N4O5S. The molecule has 35 heavy (non-hydrogen) atoms. The number of ether oxygens (including phenoxy) is 1. The van der Waals surface area contributed by atoms with Crippen molar-refractivity contribution in [1.82, 2.24) is 19.1 Å². The quantitative estimate of drug-likeness (QED) is 0.250. The number of carbonyl (C=O) groups is 1. The number of nitrogens with one attached hydrogen (secondary N) is 1. The van der Waals surface area contributed by atoms with Crippen LogP contribution in [0.2, 0.25) is 10.0 Å². The number of nitrogens with zero attached hydrogens (tertiary/aromatic N) is 3. The van der Waals surface area contributed by atoms with E-state index in [1.54, 1.807) is 48.5 Å². The summed E-state index contributed by atoms with van der Waals surface area (Å²) < 4.78 is 8.30. The van der Waals surface area contributed by atoms with Crippen molar-refractivity contribution in [3.05, 3.63) is 85.0 Å². The summed E-state index contributed by atoms with van der Waals surface area (Å²) in [5.41, 5.74) is -0.527. The summed E-state index contributed by atoms with van der Waals surface area (Å²) in [4.78, 5) is 44.0. The third-order valence-electron chi connectivity index (χ3n) is 5.12. The van der Waals surface area contributed by atoms with Crippen molar-refractivity contribution in [3.8, 4) is 5.75 Å². The van der Waals surface area contributed by atoms with Crippen LogP contribution in [0.15, 0.2) is 63.3 Å². The molecule has 4 aromatic rings. The number of aryl methyl sites for hydroxylation is 1. The van der Waals surface area contributed by atoms with Crippen LogP contribution in [0.25, 0.3) is 11.2 Å². The monoisotopic (exact) mass is 534 g/mol. The summed E-state index contributed by atoms with van der Waals surface area (Å²) in [6, 6.07) is 13.2. The molecule has 12 heteroatoms. The molecule has 0 aliphatic rings. The average molecular weight is 535 g/mol. The number of imidazole rings is 1. The number of carbonyl (C=O) groups excluding carboxylic acids is 1. The molecule has 0 amide bonds. The number of aromatic amines is 1. The fraction of sp³-hybridized carbons (Fsp3) is 0.217. The second-order valence-electron chi connectivity index (χ2n) is 7.63. The molecule has 0 saturated carbocycles. The van der Waals surface area contributed by atoms with Gasteiger partial charge in [-0.05, 0) is 48.5 Å². The molecule has 0 unspecified atom stereocenters. The number of benzene rings is 2. The minimum Gasteiger partial charge on any atom is -0.491 e. The van der Waals surface area contributed by atoms with Gasteiger partial charge in [0.2, 0.25) is 0 Å². The molecule has 0 fully saturated rings. The molecule has 0 radical (unpaired) electrons. The van der Waals surface area contributed by atoms with Crippen molar-refractivity contribution in [1.29, 1.82) is 0 Å². The van der Waals surface area contributed by atoms with Gasteiger partial charge in [-0.1, -0.05) is 35.0 Å². The Morgan fingerprint density at radius 1 is 1.11 bits per heavy atom. The minimum absolute atomic E-state index is 0.0220. The standard InChI is InChI=1S/C23H20Cl2N4O5S/c1-28-20-19(21(32)27-22(28)33)29(10-16(30)11-34-17-8-6-15(25)7-9-17)23(26-20)35-12-18(31)13-2-4-14(24)5-3-13/h2-9,16,30H,10-12H2,1H3,(H,27,32,33)/t16-/m1/s1. The van der Waals surface area contributed by atoms with Gasteiger partial charge in [0.25, 0.3) is 5.56 Å². The van der Waals surface area contributed by atoms with Crippen LogP contribution in [-0.2, 0) is 13.6 Å². The number of halogens is 2. The van der Waals surface area contributed by atoms with Crippen molar-refractivity contribution < 1.29 is 14.6 Å². The normalized spacial score (nSPS) is 12.1. The number of Topliss-reactive ketones (excluding diaryl/α,β-unsaturated/α-hetero) is 1. The van der Waals surface area contributed by atoms with Crippen molar-refractivity contribution in [2.75, 3.05) is 12.4 Å². The van der Waals surface area contributed by atoms with Gasteiger partial charge in [0.15, 0.2) is 22.1 Å². The van der Waals surface area contributed by atoms with Gasteiger partial charge in [-0.3, -0.25) is 19.1 Å². The maximum absolute atomic E-state index is 12.6. The molecule has 0 bridgehead atoms. The molecule has 182 valence electrons. The van der Waals surface area contributed by atoms with E-state index in [0.29, 0.717) is 26.5 Å². The zero-order valence-corrected chi connectivity index (χ0v) is 20.7. The Morgan fingerprint density at radius 2 is 1.74 bits per heavy atom. The van der Waals surface area contributed by atoms with Gasteiger partial charge in [-0.15, -0.1) is 0 Å².